The fourth-order valence-corrected chi connectivity index (χ4v) is 3.12. The Kier molecular flexibility index (Phi) is 1.78. The van der Waals surface area contributed by atoms with Crippen LogP contribution in [0.3, 0.4) is 0 Å². The van der Waals surface area contributed by atoms with Gasteiger partial charge in [-0.05, 0) is 24.7 Å². The van der Waals surface area contributed by atoms with Crippen LogP contribution in [-0.4, -0.2) is 24.1 Å². The molecule has 0 aromatic carbocycles. The Balaban J connectivity index is 2.05. The molecule has 0 radical (unpaired) electrons. The second kappa shape index (κ2) is 2.44. The molecule has 1 aliphatic carbocycles. The van der Waals surface area contributed by atoms with Gasteiger partial charge in [-0.3, -0.25) is 0 Å². The van der Waals surface area contributed by atoms with Crippen molar-refractivity contribution in [1.29, 1.82) is 0 Å². The van der Waals surface area contributed by atoms with Gasteiger partial charge in [-0.25, -0.2) is 0 Å². The van der Waals surface area contributed by atoms with Gasteiger partial charge in [0.1, 0.15) is 0 Å². The first-order chi connectivity index (χ1) is 5.24. The second-order valence-electron chi connectivity index (χ2n) is 3.97. The predicted octanol–water partition coefficient (Wildman–Crippen LogP) is 1.28. The van der Waals surface area contributed by atoms with E-state index in [1.165, 1.54) is 19.3 Å². The minimum Gasteiger partial charge on any atom is -0.374 e. The lowest BCUT2D eigenvalue weighted by Gasteiger charge is -2.59. The summed E-state index contributed by atoms with van der Waals surface area (Å²) in [6.45, 7) is 1.60. The maximum Gasteiger partial charge on any atom is 0.0815 e. The topological polar surface area (TPSA) is 35.2 Å². The molecule has 0 spiro atoms. The Morgan fingerprint density at radius 1 is 1.45 bits per heavy atom. The van der Waals surface area contributed by atoms with Crippen LogP contribution in [0.25, 0.3) is 0 Å². The fourth-order valence-electron chi connectivity index (χ4n) is 2.44. The molecule has 3 fully saturated rings. The first-order valence-corrected chi connectivity index (χ1v) is 5.26. The third-order valence-electron chi connectivity index (χ3n) is 3.09. The zero-order valence-corrected chi connectivity index (χ0v) is 8.19. The molecule has 0 unspecified atom stereocenters. The number of halogens is 1. The molecular formula is C8H14BrNO. The molecule has 64 valence electrons. The molecule has 0 aromatic heterocycles. The van der Waals surface area contributed by atoms with Crippen molar-refractivity contribution in [2.45, 2.75) is 24.9 Å². The van der Waals surface area contributed by atoms with Crippen molar-refractivity contribution in [3.8, 4) is 0 Å². The van der Waals surface area contributed by atoms with Crippen LogP contribution in [0.2, 0.25) is 0 Å². The van der Waals surface area contributed by atoms with Gasteiger partial charge in [0.05, 0.1) is 5.60 Å². The number of hydrogen-bond donors (Lipinski definition) is 1. The lowest BCUT2D eigenvalue weighted by atomic mass is 9.57. The highest BCUT2D eigenvalue weighted by atomic mass is 79.9. The maximum atomic E-state index is 5.66. The van der Waals surface area contributed by atoms with E-state index in [0.29, 0.717) is 12.0 Å². The first-order valence-electron chi connectivity index (χ1n) is 4.14. The number of alkyl halides is 1. The molecule has 1 saturated carbocycles. The quantitative estimate of drug-likeness (QED) is 0.711. The number of rotatable bonds is 2. The zero-order valence-electron chi connectivity index (χ0n) is 6.61. The Morgan fingerprint density at radius 3 is 2.73 bits per heavy atom. The van der Waals surface area contributed by atoms with Gasteiger partial charge in [-0.15, -0.1) is 0 Å². The Hall–Kier alpha value is 0.400. The van der Waals surface area contributed by atoms with Crippen LogP contribution in [0.5, 0.6) is 0 Å². The average Bonchev–Trinajstić information content (AvgIpc) is 2.04. The summed E-state index contributed by atoms with van der Waals surface area (Å²) in [5, 5.41) is 1.12. The molecule has 0 atom stereocenters. The van der Waals surface area contributed by atoms with E-state index in [1.54, 1.807) is 0 Å². The van der Waals surface area contributed by atoms with E-state index in [0.717, 1.165) is 11.9 Å². The van der Waals surface area contributed by atoms with Crippen LogP contribution in [0, 0.1) is 5.41 Å². The molecule has 3 heteroatoms. The molecule has 3 aliphatic rings. The number of hydrogen-bond acceptors (Lipinski definition) is 2. The number of ether oxygens (including phenoxy) is 1. The molecule has 2 heterocycles. The molecule has 0 aromatic rings. The maximum absolute atomic E-state index is 5.66. The van der Waals surface area contributed by atoms with E-state index in [9.17, 15) is 0 Å². The fraction of sp³-hybridized carbons (Fsp3) is 1.00. The minimum absolute atomic E-state index is 0.0754. The minimum atomic E-state index is 0.0754. The van der Waals surface area contributed by atoms with Crippen molar-refractivity contribution in [1.82, 2.24) is 0 Å². The highest BCUT2D eigenvalue weighted by Gasteiger charge is 2.56. The van der Waals surface area contributed by atoms with Crippen LogP contribution < -0.4 is 5.73 Å². The third kappa shape index (κ3) is 1.05. The Bertz CT molecular complexity index is 149. The number of fused-ring (bicyclic) bond motifs is 2. The van der Waals surface area contributed by atoms with Gasteiger partial charge in [0.15, 0.2) is 0 Å². The molecule has 11 heavy (non-hydrogen) atoms. The van der Waals surface area contributed by atoms with Gasteiger partial charge in [0.2, 0.25) is 0 Å². The summed E-state index contributed by atoms with van der Waals surface area (Å²) in [7, 11) is 0. The monoisotopic (exact) mass is 219 g/mol. The Labute approximate surface area is 75.6 Å². The van der Waals surface area contributed by atoms with Gasteiger partial charge in [-0.1, -0.05) is 15.9 Å². The van der Waals surface area contributed by atoms with Crippen molar-refractivity contribution in [2.75, 3.05) is 18.5 Å². The van der Waals surface area contributed by atoms with Crippen molar-refractivity contribution >= 4 is 15.9 Å². The summed E-state index contributed by atoms with van der Waals surface area (Å²) < 4.78 is 5.66. The molecule has 2 bridgehead atoms. The van der Waals surface area contributed by atoms with Crippen LogP contribution >= 0.6 is 15.9 Å². The zero-order chi connectivity index (χ0) is 7.95. The summed E-state index contributed by atoms with van der Waals surface area (Å²) >= 11 is 3.56. The standard InChI is InChI=1S/C8H14BrNO/c9-5-7-1-2-11-8(3-7,4-7)6-10/h1-6,10H2. The van der Waals surface area contributed by atoms with Crippen LogP contribution in [0.4, 0.5) is 0 Å². The van der Waals surface area contributed by atoms with Crippen molar-refractivity contribution in [3.05, 3.63) is 0 Å². The van der Waals surface area contributed by atoms with E-state index in [4.69, 9.17) is 10.5 Å². The SMILES string of the molecule is NCC12CC(CBr)(CCO1)C2. The summed E-state index contributed by atoms with van der Waals surface area (Å²) in [6.07, 6.45) is 3.55. The van der Waals surface area contributed by atoms with Crippen LogP contribution in [-0.2, 0) is 4.74 Å². The predicted molar refractivity (Wildman–Crippen MR) is 47.8 cm³/mol. The Morgan fingerprint density at radius 2 is 2.18 bits per heavy atom. The van der Waals surface area contributed by atoms with E-state index in [2.05, 4.69) is 15.9 Å². The van der Waals surface area contributed by atoms with E-state index < -0.39 is 0 Å². The highest BCUT2D eigenvalue weighted by molar-refractivity contribution is 9.09. The third-order valence-corrected chi connectivity index (χ3v) is 4.28. The van der Waals surface area contributed by atoms with Crippen molar-refractivity contribution < 1.29 is 4.74 Å². The van der Waals surface area contributed by atoms with Gasteiger partial charge in [0.25, 0.3) is 0 Å². The first kappa shape index (κ1) is 8.02. The van der Waals surface area contributed by atoms with Gasteiger partial charge in [-0.2, -0.15) is 0 Å². The summed E-state index contributed by atoms with van der Waals surface area (Å²) in [6, 6.07) is 0. The smallest absolute Gasteiger partial charge is 0.0815 e. The molecule has 0 amide bonds. The molecule has 3 rings (SSSR count). The summed E-state index contributed by atoms with van der Waals surface area (Å²) in [4.78, 5) is 0. The number of nitrogens with two attached hydrogens (primary N) is 1. The van der Waals surface area contributed by atoms with Gasteiger partial charge < -0.3 is 10.5 Å². The largest absolute Gasteiger partial charge is 0.374 e. The van der Waals surface area contributed by atoms with Crippen molar-refractivity contribution in [3.63, 3.8) is 0 Å². The second-order valence-corrected chi connectivity index (χ2v) is 4.53. The van der Waals surface area contributed by atoms with E-state index >= 15 is 0 Å². The molecule has 2 N–H and O–H groups in total. The lowest BCUT2D eigenvalue weighted by molar-refractivity contribution is -0.209. The highest BCUT2D eigenvalue weighted by Crippen LogP contribution is 2.56. The normalized spacial score (nSPS) is 48.5. The van der Waals surface area contributed by atoms with Crippen LogP contribution in [0.1, 0.15) is 19.3 Å². The van der Waals surface area contributed by atoms with E-state index in [1.807, 2.05) is 0 Å². The van der Waals surface area contributed by atoms with Gasteiger partial charge in [0, 0.05) is 18.5 Å². The molecular weight excluding hydrogens is 206 g/mol. The van der Waals surface area contributed by atoms with Crippen LogP contribution in [0.15, 0.2) is 0 Å². The van der Waals surface area contributed by atoms with E-state index in [-0.39, 0.29) is 5.60 Å². The van der Waals surface area contributed by atoms with Gasteiger partial charge >= 0.3 is 0 Å². The summed E-state index contributed by atoms with van der Waals surface area (Å²) in [5.41, 5.74) is 6.26. The average molecular weight is 220 g/mol. The van der Waals surface area contributed by atoms with Crippen molar-refractivity contribution in [2.24, 2.45) is 11.1 Å². The molecule has 2 nitrogen and oxygen atoms in total. The molecule has 2 aliphatic heterocycles. The lowest BCUT2D eigenvalue weighted by Crippen LogP contribution is -2.62. The summed E-state index contributed by atoms with van der Waals surface area (Å²) in [5.74, 6) is 0. The molecule has 2 saturated heterocycles.